The van der Waals surface area contributed by atoms with Crippen LogP contribution in [0.5, 0.6) is 0 Å². The van der Waals surface area contributed by atoms with Gasteiger partial charge in [-0.3, -0.25) is 4.79 Å². The second-order valence-corrected chi connectivity index (χ2v) is 8.63. The molecule has 0 amide bonds. The molecule has 0 spiro atoms. The van der Waals surface area contributed by atoms with Crippen LogP contribution in [0, 0.1) is 18.3 Å². The van der Waals surface area contributed by atoms with Gasteiger partial charge in [0, 0.05) is 5.56 Å². The lowest BCUT2D eigenvalue weighted by Gasteiger charge is -2.27. The Morgan fingerprint density at radius 3 is 2.10 bits per heavy atom. The molecule has 1 N–H and O–H groups in total. The van der Waals surface area contributed by atoms with E-state index in [0.717, 1.165) is 5.56 Å². The van der Waals surface area contributed by atoms with Crippen LogP contribution in [-0.2, 0) is 10.0 Å². The van der Waals surface area contributed by atoms with Gasteiger partial charge in [0.1, 0.15) is 6.04 Å². The molecule has 0 aliphatic rings. The van der Waals surface area contributed by atoms with Gasteiger partial charge >= 0.3 is 5.92 Å². The number of carbonyl (C=O) groups is 1. The normalized spacial score (nSPS) is 12.7. The molecule has 31 heavy (non-hydrogen) atoms. The number of carbonyl (C=O) groups excluding carboxylic acids is 1. The van der Waals surface area contributed by atoms with Gasteiger partial charge in [-0.1, -0.05) is 60.2 Å². The lowest BCUT2D eigenvalue weighted by Crippen LogP contribution is -2.45. The third-order valence-corrected chi connectivity index (χ3v) is 6.12. The van der Waals surface area contributed by atoms with Crippen molar-refractivity contribution in [1.29, 1.82) is 5.26 Å². The number of rotatable bonds is 7. The van der Waals surface area contributed by atoms with E-state index in [1.54, 1.807) is 25.1 Å². The molecule has 0 aliphatic heterocycles. The van der Waals surface area contributed by atoms with Crippen molar-refractivity contribution in [2.75, 3.05) is 0 Å². The molecule has 1 unspecified atom stereocenters. The van der Waals surface area contributed by atoms with Gasteiger partial charge in [-0.15, -0.1) is 0 Å². The zero-order valence-corrected chi connectivity index (χ0v) is 17.2. The van der Waals surface area contributed by atoms with E-state index in [1.165, 1.54) is 60.7 Å². The van der Waals surface area contributed by atoms with Crippen molar-refractivity contribution in [2.24, 2.45) is 0 Å². The van der Waals surface area contributed by atoms with Crippen LogP contribution >= 0.6 is 0 Å². The Morgan fingerprint density at radius 1 is 0.968 bits per heavy atom. The number of nitrogens with one attached hydrogen (secondary N) is 1. The number of hydrogen-bond donors (Lipinski definition) is 1. The summed E-state index contributed by atoms with van der Waals surface area (Å²) >= 11 is 0. The van der Waals surface area contributed by atoms with Crippen molar-refractivity contribution in [2.45, 2.75) is 23.8 Å². The zero-order valence-electron chi connectivity index (χ0n) is 16.4. The molecule has 5 nitrogen and oxygen atoms in total. The van der Waals surface area contributed by atoms with Gasteiger partial charge in [0.2, 0.25) is 15.8 Å². The molecule has 3 aromatic rings. The molecule has 0 aliphatic carbocycles. The number of ketones is 1. The fraction of sp³-hybridized carbons (Fsp3) is 0.130. The van der Waals surface area contributed by atoms with Gasteiger partial charge in [0.05, 0.1) is 16.5 Å². The summed E-state index contributed by atoms with van der Waals surface area (Å²) < 4.78 is 58.5. The van der Waals surface area contributed by atoms with Gasteiger partial charge in [0.15, 0.2) is 0 Å². The molecule has 158 valence electrons. The van der Waals surface area contributed by atoms with E-state index in [0.29, 0.717) is 0 Å². The molecule has 0 saturated carbocycles. The van der Waals surface area contributed by atoms with Gasteiger partial charge in [-0.2, -0.15) is 18.8 Å². The van der Waals surface area contributed by atoms with Gasteiger partial charge < -0.3 is 0 Å². The summed E-state index contributed by atoms with van der Waals surface area (Å²) in [5.41, 5.74) is 0.610. The molecule has 0 aromatic heterocycles. The first kappa shape index (κ1) is 22.3. The standard InChI is InChI=1S/C23H18F2N2O3S/c1-16-7-13-20(14-8-16)31(29,30)27-21(18-11-9-17(15-26)10-12-18)23(24,25)22(28)19-5-3-2-4-6-19/h2-14,21,27H,1H3. The highest BCUT2D eigenvalue weighted by atomic mass is 32.2. The Bertz CT molecular complexity index is 1220. The molecule has 8 heteroatoms. The number of hydrogen-bond acceptors (Lipinski definition) is 4. The summed E-state index contributed by atoms with van der Waals surface area (Å²) in [4.78, 5) is 12.4. The fourth-order valence-corrected chi connectivity index (χ4v) is 4.18. The van der Waals surface area contributed by atoms with Crippen LogP contribution in [0.4, 0.5) is 8.78 Å². The summed E-state index contributed by atoms with van der Waals surface area (Å²) in [5.74, 6) is -5.62. The van der Waals surface area contributed by atoms with Gasteiger partial charge in [-0.05, 0) is 36.8 Å². The smallest absolute Gasteiger partial charge is 0.287 e. The molecular formula is C23H18F2N2O3S. The lowest BCUT2D eigenvalue weighted by molar-refractivity contribution is -0.0111. The molecule has 0 heterocycles. The molecule has 0 bridgehead atoms. The van der Waals surface area contributed by atoms with Crippen LogP contribution in [0.2, 0.25) is 0 Å². The minimum absolute atomic E-state index is 0.149. The van der Waals surface area contributed by atoms with Crippen molar-refractivity contribution in [3.63, 3.8) is 0 Å². The number of benzene rings is 3. The number of Topliss-reactive ketones (excluding diaryl/α,β-unsaturated/α-hetero) is 1. The van der Waals surface area contributed by atoms with E-state index >= 15 is 8.78 Å². The maximum Gasteiger partial charge on any atom is 0.329 e. The molecular weight excluding hydrogens is 422 g/mol. The first-order chi connectivity index (χ1) is 14.6. The van der Waals surface area contributed by atoms with E-state index in [4.69, 9.17) is 5.26 Å². The minimum Gasteiger partial charge on any atom is -0.287 e. The van der Waals surface area contributed by atoms with Crippen molar-refractivity contribution >= 4 is 15.8 Å². The average Bonchev–Trinajstić information content (AvgIpc) is 2.78. The van der Waals surface area contributed by atoms with E-state index in [-0.39, 0.29) is 21.6 Å². The van der Waals surface area contributed by atoms with Crippen LogP contribution in [0.3, 0.4) is 0 Å². The SMILES string of the molecule is Cc1ccc(S(=O)(=O)NC(c2ccc(C#N)cc2)C(F)(F)C(=O)c2ccccc2)cc1. The van der Waals surface area contributed by atoms with Gasteiger partial charge in [0.25, 0.3) is 0 Å². The van der Waals surface area contributed by atoms with Crippen LogP contribution in [0.15, 0.2) is 83.8 Å². The topological polar surface area (TPSA) is 87.0 Å². The highest BCUT2D eigenvalue weighted by molar-refractivity contribution is 7.89. The monoisotopic (exact) mass is 440 g/mol. The van der Waals surface area contributed by atoms with E-state index in [1.807, 2.05) is 10.8 Å². The maximum atomic E-state index is 15.4. The van der Waals surface area contributed by atoms with Crippen LogP contribution in [0.1, 0.15) is 33.1 Å². The summed E-state index contributed by atoms with van der Waals surface area (Å²) in [6.07, 6.45) is 0. The average molecular weight is 440 g/mol. The predicted octanol–water partition coefficient (Wildman–Crippen LogP) is 4.40. The second-order valence-electron chi connectivity index (χ2n) is 6.92. The Labute approximate surface area is 179 Å². The summed E-state index contributed by atoms with van der Waals surface area (Å²) in [6, 6.07) is 17.3. The number of halogens is 2. The molecule has 0 radical (unpaired) electrons. The number of sulfonamides is 1. The van der Waals surface area contributed by atoms with E-state index < -0.39 is 27.8 Å². The van der Waals surface area contributed by atoms with E-state index in [2.05, 4.69) is 0 Å². The third kappa shape index (κ3) is 4.85. The van der Waals surface area contributed by atoms with Crippen molar-refractivity contribution in [3.8, 4) is 6.07 Å². The predicted molar refractivity (Wildman–Crippen MR) is 111 cm³/mol. The fourth-order valence-electron chi connectivity index (χ4n) is 2.96. The first-order valence-electron chi connectivity index (χ1n) is 9.22. The zero-order chi connectivity index (χ0) is 22.6. The van der Waals surface area contributed by atoms with Crippen LogP contribution in [-0.4, -0.2) is 20.1 Å². The number of nitriles is 1. The summed E-state index contributed by atoms with van der Waals surface area (Å²) in [5, 5.41) is 8.96. The first-order valence-corrected chi connectivity index (χ1v) is 10.7. The van der Waals surface area contributed by atoms with E-state index in [9.17, 15) is 13.2 Å². The molecule has 1 atom stereocenters. The number of alkyl halides is 2. The molecule has 3 rings (SSSR count). The Morgan fingerprint density at radius 2 is 1.55 bits per heavy atom. The van der Waals surface area contributed by atoms with Crippen molar-refractivity contribution in [1.82, 2.24) is 4.72 Å². The Kier molecular flexibility index (Phi) is 6.29. The second kappa shape index (κ2) is 8.76. The highest BCUT2D eigenvalue weighted by Gasteiger charge is 2.50. The van der Waals surface area contributed by atoms with Crippen molar-refractivity contribution in [3.05, 3.63) is 101 Å². The Balaban J connectivity index is 2.07. The number of nitrogens with zero attached hydrogens (tertiary/aromatic N) is 1. The summed E-state index contributed by atoms with van der Waals surface area (Å²) in [6.45, 7) is 1.76. The van der Waals surface area contributed by atoms with Crippen LogP contribution < -0.4 is 4.72 Å². The largest absolute Gasteiger partial charge is 0.329 e. The van der Waals surface area contributed by atoms with Crippen LogP contribution in [0.25, 0.3) is 0 Å². The molecule has 0 saturated heterocycles. The highest BCUT2D eigenvalue weighted by Crippen LogP contribution is 2.36. The van der Waals surface area contributed by atoms with Gasteiger partial charge in [-0.25, -0.2) is 8.42 Å². The molecule has 0 fully saturated rings. The van der Waals surface area contributed by atoms with Crippen molar-refractivity contribution < 1.29 is 22.0 Å². The lowest BCUT2D eigenvalue weighted by atomic mass is 9.94. The Hall–Kier alpha value is -3.41. The minimum atomic E-state index is -4.39. The maximum absolute atomic E-state index is 15.4. The molecule has 3 aromatic carbocycles. The summed E-state index contributed by atoms with van der Waals surface area (Å²) in [7, 11) is -4.39. The quantitative estimate of drug-likeness (QED) is 0.552. The number of aryl methyl sites for hydroxylation is 1. The third-order valence-electron chi connectivity index (χ3n) is 4.68.